The lowest BCUT2D eigenvalue weighted by atomic mass is 10.0. The molecule has 0 bridgehead atoms. The molecule has 19 heavy (non-hydrogen) atoms. The topological polar surface area (TPSA) is 78.9 Å². The van der Waals surface area contributed by atoms with Crippen LogP contribution in [0.15, 0.2) is 0 Å². The Labute approximate surface area is 114 Å². The Morgan fingerprint density at radius 3 is 2.53 bits per heavy atom. The zero-order valence-electron chi connectivity index (χ0n) is 12.1. The molecule has 1 aliphatic heterocycles. The lowest BCUT2D eigenvalue weighted by Crippen LogP contribution is -2.55. The largest absolute Gasteiger partial charge is 0.480 e. The second kappa shape index (κ2) is 6.23. The quantitative estimate of drug-likeness (QED) is 0.815. The van der Waals surface area contributed by atoms with Gasteiger partial charge in [-0.2, -0.15) is 0 Å². The first-order valence-electron chi connectivity index (χ1n) is 6.61. The Bertz CT molecular complexity index is 338. The number of aliphatic carboxylic acids is 1. The summed E-state index contributed by atoms with van der Waals surface area (Å²) in [4.78, 5) is 24.4. The van der Waals surface area contributed by atoms with Gasteiger partial charge in [0.25, 0.3) is 0 Å². The number of hydrogen-bond acceptors (Lipinski definition) is 3. The van der Waals surface area contributed by atoms with Gasteiger partial charge in [-0.1, -0.05) is 0 Å². The molecule has 2 N–H and O–H groups in total. The minimum absolute atomic E-state index is 0.0508. The highest BCUT2D eigenvalue weighted by molar-refractivity contribution is 5.81. The molecule has 0 aliphatic carbocycles. The van der Waals surface area contributed by atoms with Gasteiger partial charge >= 0.3 is 12.0 Å². The Kier molecular flexibility index (Phi) is 5.17. The molecule has 0 spiro atoms. The van der Waals surface area contributed by atoms with Crippen molar-refractivity contribution in [1.82, 2.24) is 10.2 Å². The highest BCUT2D eigenvalue weighted by Crippen LogP contribution is 2.16. The van der Waals surface area contributed by atoms with Gasteiger partial charge in [0.15, 0.2) is 0 Å². The number of carbonyl (C=O) groups is 2. The molecule has 0 radical (unpaired) electrons. The summed E-state index contributed by atoms with van der Waals surface area (Å²) in [5.74, 6) is -1.01. The van der Waals surface area contributed by atoms with Gasteiger partial charge in [0.1, 0.15) is 6.54 Å². The first kappa shape index (κ1) is 15.8. The normalized spacial score (nSPS) is 23.8. The van der Waals surface area contributed by atoms with Crippen molar-refractivity contribution in [3.63, 3.8) is 0 Å². The van der Waals surface area contributed by atoms with E-state index in [-0.39, 0.29) is 24.7 Å². The van der Waals surface area contributed by atoms with Crippen LogP contribution in [0.4, 0.5) is 4.79 Å². The van der Waals surface area contributed by atoms with Crippen LogP contribution in [0.2, 0.25) is 0 Å². The molecular weight excluding hydrogens is 248 g/mol. The fourth-order valence-electron chi connectivity index (χ4n) is 2.13. The summed E-state index contributed by atoms with van der Waals surface area (Å²) in [6.45, 7) is 7.76. The number of ether oxygens (including phenoxy) is 1. The molecule has 0 aromatic rings. The minimum atomic E-state index is -1.01. The Morgan fingerprint density at radius 2 is 2.05 bits per heavy atom. The van der Waals surface area contributed by atoms with Crippen molar-refractivity contribution in [2.45, 2.75) is 58.2 Å². The monoisotopic (exact) mass is 272 g/mol. The zero-order chi connectivity index (χ0) is 14.6. The van der Waals surface area contributed by atoms with Gasteiger partial charge in [-0.3, -0.25) is 4.79 Å². The molecule has 1 aliphatic rings. The molecule has 0 aromatic carbocycles. The van der Waals surface area contributed by atoms with Gasteiger partial charge in [0, 0.05) is 18.2 Å². The van der Waals surface area contributed by atoms with E-state index in [0.29, 0.717) is 6.61 Å². The number of rotatable bonds is 3. The van der Waals surface area contributed by atoms with Crippen molar-refractivity contribution >= 4 is 12.0 Å². The van der Waals surface area contributed by atoms with Crippen LogP contribution in [0.25, 0.3) is 0 Å². The molecule has 110 valence electrons. The molecule has 6 nitrogen and oxygen atoms in total. The van der Waals surface area contributed by atoms with Crippen molar-refractivity contribution < 1.29 is 19.4 Å². The van der Waals surface area contributed by atoms with Gasteiger partial charge in [-0.25, -0.2) is 4.79 Å². The maximum Gasteiger partial charge on any atom is 0.323 e. The van der Waals surface area contributed by atoms with Crippen LogP contribution in [0.3, 0.4) is 0 Å². The first-order valence-corrected chi connectivity index (χ1v) is 6.61. The molecule has 6 heteroatoms. The second-order valence-corrected chi connectivity index (χ2v) is 6.00. The number of nitrogens with one attached hydrogen (secondary N) is 1. The van der Waals surface area contributed by atoms with E-state index in [1.807, 2.05) is 27.7 Å². The number of amides is 2. The molecule has 2 amide bonds. The van der Waals surface area contributed by atoms with Crippen molar-refractivity contribution in [1.29, 1.82) is 0 Å². The fraction of sp³-hybridized carbons (Fsp3) is 0.846. The van der Waals surface area contributed by atoms with E-state index in [0.717, 1.165) is 12.8 Å². The molecule has 0 aromatic heterocycles. The molecule has 1 fully saturated rings. The lowest BCUT2D eigenvalue weighted by molar-refractivity contribution is -0.138. The summed E-state index contributed by atoms with van der Waals surface area (Å²) in [5, 5.41) is 11.8. The number of carboxylic acid groups (broad SMARTS) is 1. The smallest absolute Gasteiger partial charge is 0.323 e. The van der Waals surface area contributed by atoms with Crippen LogP contribution in [-0.4, -0.2) is 52.8 Å². The molecule has 1 heterocycles. The van der Waals surface area contributed by atoms with E-state index in [4.69, 9.17) is 9.84 Å². The van der Waals surface area contributed by atoms with Crippen LogP contribution in [0, 0.1) is 0 Å². The highest BCUT2D eigenvalue weighted by Gasteiger charge is 2.30. The summed E-state index contributed by atoms with van der Waals surface area (Å²) in [7, 11) is 0. The standard InChI is InChI=1S/C13H24N2O4/c1-9-7-10(5-6-19-9)14-12(18)15(8-11(16)17)13(2,3)4/h9-10H,5-8H2,1-4H3,(H,14,18)(H,16,17). The minimum Gasteiger partial charge on any atom is -0.480 e. The second-order valence-electron chi connectivity index (χ2n) is 6.00. The van der Waals surface area contributed by atoms with Crippen LogP contribution in [-0.2, 0) is 9.53 Å². The van der Waals surface area contributed by atoms with Gasteiger partial charge < -0.3 is 20.1 Å². The van der Waals surface area contributed by atoms with Crippen LogP contribution >= 0.6 is 0 Å². The number of nitrogens with zero attached hydrogens (tertiary/aromatic N) is 1. The number of urea groups is 1. The maximum atomic E-state index is 12.2. The average Bonchev–Trinajstić information content (AvgIpc) is 2.24. The molecular formula is C13H24N2O4. The van der Waals surface area contributed by atoms with Crippen molar-refractivity contribution in [3.8, 4) is 0 Å². The van der Waals surface area contributed by atoms with Crippen molar-refractivity contribution in [2.24, 2.45) is 0 Å². The van der Waals surface area contributed by atoms with E-state index in [1.165, 1.54) is 4.90 Å². The highest BCUT2D eigenvalue weighted by atomic mass is 16.5. The van der Waals surface area contributed by atoms with E-state index < -0.39 is 11.5 Å². The zero-order valence-corrected chi connectivity index (χ0v) is 12.1. The predicted octanol–water partition coefficient (Wildman–Crippen LogP) is 1.45. The van der Waals surface area contributed by atoms with Crippen LogP contribution in [0.5, 0.6) is 0 Å². The molecule has 2 atom stereocenters. The summed E-state index contributed by atoms with van der Waals surface area (Å²) in [6.07, 6.45) is 1.65. The van der Waals surface area contributed by atoms with E-state index >= 15 is 0 Å². The van der Waals surface area contributed by atoms with Gasteiger partial charge in [-0.15, -0.1) is 0 Å². The van der Waals surface area contributed by atoms with Crippen molar-refractivity contribution in [2.75, 3.05) is 13.2 Å². The molecule has 0 saturated carbocycles. The molecule has 1 saturated heterocycles. The Hall–Kier alpha value is -1.30. The van der Waals surface area contributed by atoms with Crippen LogP contribution < -0.4 is 5.32 Å². The van der Waals surface area contributed by atoms with E-state index in [1.54, 1.807) is 0 Å². The van der Waals surface area contributed by atoms with Crippen LogP contribution in [0.1, 0.15) is 40.5 Å². The van der Waals surface area contributed by atoms with Gasteiger partial charge in [-0.05, 0) is 40.5 Å². The van der Waals surface area contributed by atoms with Gasteiger partial charge in [0.2, 0.25) is 0 Å². The molecule has 2 unspecified atom stereocenters. The third-order valence-corrected chi connectivity index (χ3v) is 3.16. The summed E-state index contributed by atoms with van der Waals surface area (Å²) in [6, 6.07) is -0.274. The lowest BCUT2D eigenvalue weighted by Gasteiger charge is -2.36. The van der Waals surface area contributed by atoms with E-state index in [9.17, 15) is 9.59 Å². The molecule has 1 rings (SSSR count). The van der Waals surface area contributed by atoms with E-state index in [2.05, 4.69) is 5.32 Å². The third-order valence-electron chi connectivity index (χ3n) is 3.16. The fourth-order valence-corrected chi connectivity index (χ4v) is 2.13. The third kappa shape index (κ3) is 5.06. The number of carboxylic acids is 1. The maximum absolute atomic E-state index is 12.2. The Balaban J connectivity index is 2.63. The number of hydrogen-bond donors (Lipinski definition) is 2. The predicted molar refractivity (Wildman–Crippen MR) is 71.1 cm³/mol. The first-order chi connectivity index (χ1) is 8.70. The Morgan fingerprint density at radius 1 is 1.42 bits per heavy atom. The summed E-state index contributed by atoms with van der Waals surface area (Å²) >= 11 is 0. The van der Waals surface area contributed by atoms with Crippen molar-refractivity contribution in [3.05, 3.63) is 0 Å². The average molecular weight is 272 g/mol. The van der Waals surface area contributed by atoms with Gasteiger partial charge in [0.05, 0.1) is 6.10 Å². The summed E-state index contributed by atoms with van der Waals surface area (Å²) < 4.78 is 5.42. The number of carbonyl (C=O) groups excluding carboxylic acids is 1. The SMILES string of the molecule is CC1CC(NC(=O)N(CC(=O)O)C(C)(C)C)CCO1. The summed E-state index contributed by atoms with van der Waals surface area (Å²) in [5.41, 5.74) is -0.529.